The van der Waals surface area contributed by atoms with Crippen LogP contribution >= 0.6 is 0 Å². The van der Waals surface area contributed by atoms with E-state index >= 15 is 0 Å². The van der Waals surface area contributed by atoms with Crippen molar-refractivity contribution in [2.45, 2.75) is 119 Å². The average molecular weight is 445 g/mol. The van der Waals surface area contributed by atoms with E-state index in [0.717, 1.165) is 36.0 Å². The van der Waals surface area contributed by atoms with Crippen LogP contribution in [0.15, 0.2) is 0 Å². The van der Waals surface area contributed by atoms with Crippen LogP contribution in [-0.4, -0.2) is 22.9 Å². The van der Waals surface area contributed by atoms with Gasteiger partial charge in [0.1, 0.15) is 0 Å². The maximum atomic E-state index is 10.9. The molecule has 0 bridgehead atoms. The van der Waals surface area contributed by atoms with Crippen LogP contribution < -0.4 is 0 Å². The first-order valence-corrected chi connectivity index (χ1v) is 14.2. The third-order valence-corrected chi connectivity index (χ3v) is 13.8. The van der Waals surface area contributed by atoms with E-state index in [-0.39, 0.29) is 16.9 Å². The van der Waals surface area contributed by atoms with E-state index in [9.17, 15) is 10.2 Å². The number of rotatable bonds is 2. The van der Waals surface area contributed by atoms with E-state index in [0.29, 0.717) is 28.8 Å². The average Bonchev–Trinajstić information content (AvgIpc) is 3.12. The molecule has 2 N–H and O–H groups in total. The van der Waals surface area contributed by atoms with Gasteiger partial charge in [0.25, 0.3) is 0 Å². The molecule has 5 aliphatic rings. The smallest absolute Gasteiger partial charge is 0.0594 e. The summed E-state index contributed by atoms with van der Waals surface area (Å²) in [7, 11) is 0. The lowest BCUT2D eigenvalue weighted by atomic mass is 9.32. The number of fused-ring (bicyclic) bond motifs is 7. The van der Waals surface area contributed by atoms with Gasteiger partial charge in [-0.1, -0.05) is 48.5 Å². The number of hydrogen-bond acceptors (Lipinski definition) is 2. The van der Waals surface area contributed by atoms with Crippen molar-refractivity contribution in [3.63, 3.8) is 0 Å². The quantitative estimate of drug-likeness (QED) is 0.478. The highest BCUT2D eigenvalue weighted by Gasteiger charge is 2.70. The van der Waals surface area contributed by atoms with E-state index in [1.54, 1.807) is 0 Å². The Morgan fingerprint density at radius 3 is 2.12 bits per heavy atom. The molecular weight excluding hydrogens is 392 g/mol. The third kappa shape index (κ3) is 2.72. The Morgan fingerprint density at radius 1 is 0.750 bits per heavy atom. The molecule has 5 rings (SSSR count). The lowest BCUT2D eigenvalue weighted by Crippen LogP contribution is -2.66. The van der Waals surface area contributed by atoms with Crippen LogP contribution in [0.25, 0.3) is 0 Å². The van der Waals surface area contributed by atoms with Crippen LogP contribution in [0.2, 0.25) is 0 Å². The first-order valence-electron chi connectivity index (χ1n) is 14.2. The molecule has 0 radical (unpaired) electrons. The topological polar surface area (TPSA) is 40.5 Å². The molecule has 6 unspecified atom stereocenters. The second-order valence-corrected chi connectivity index (χ2v) is 15.0. The molecule has 10 atom stereocenters. The normalized spacial score (nSPS) is 56.8. The fourth-order valence-corrected chi connectivity index (χ4v) is 11.8. The maximum absolute atomic E-state index is 10.9. The second kappa shape index (κ2) is 7.22. The summed E-state index contributed by atoms with van der Waals surface area (Å²) in [5, 5.41) is 21.6. The maximum Gasteiger partial charge on any atom is 0.0594 e. The van der Waals surface area contributed by atoms with E-state index in [1.165, 1.54) is 57.8 Å². The van der Waals surface area contributed by atoms with Gasteiger partial charge in [0.15, 0.2) is 0 Å². The molecule has 2 nitrogen and oxygen atoms in total. The van der Waals surface area contributed by atoms with E-state index < -0.39 is 0 Å². The van der Waals surface area contributed by atoms with E-state index in [2.05, 4.69) is 48.5 Å². The summed E-state index contributed by atoms with van der Waals surface area (Å²) < 4.78 is 0. The fourth-order valence-electron chi connectivity index (χ4n) is 11.8. The summed E-state index contributed by atoms with van der Waals surface area (Å²) in [5.74, 6) is 4.45. The summed E-state index contributed by atoms with van der Waals surface area (Å²) in [6, 6.07) is 0. The summed E-state index contributed by atoms with van der Waals surface area (Å²) >= 11 is 0. The summed E-state index contributed by atoms with van der Waals surface area (Å²) in [5.41, 5.74) is 1.40. The van der Waals surface area contributed by atoms with Crippen molar-refractivity contribution in [3.05, 3.63) is 0 Å². The largest absolute Gasteiger partial charge is 0.396 e. The molecule has 0 aromatic heterocycles. The van der Waals surface area contributed by atoms with Gasteiger partial charge in [0.2, 0.25) is 0 Å². The van der Waals surface area contributed by atoms with Crippen molar-refractivity contribution in [2.75, 3.05) is 6.61 Å². The molecule has 0 aliphatic heterocycles. The van der Waals surface area contributed by atoms with E-state index in [4.69, 9.17) is 0 Å². The molecule has 184 valence electrons. The van der Waals surface area contributed by atoms with E-state index in [1.807, 2.05) is 0 Å². The van der Waals surface area contributed by atoms with Gasteiger partial charge in [-0.15, -0.1) is 0 Å². The molecule has 2 heteroatoms. The molecular formula is C30H52O2. The molecule has 5 saturated carbocycles. The Bertz CT molecular complexity index is 743. The fraction of sp³-hybridized carbons (Fsp3) is 1.00. The molecule has 5 fully saturated rings. The molecule has 0 aromatic rings. The highest BCUT2D eigenvalue weighted by Crippen LogP contribution is 2.77. The minimum Gasteiger partial charge on any atom is -0.396 e. The zero-order valence-corrected chi connectivity index (χ0v) is 22.2. The van der Waals surface area contributed by atoms with Gasteiger partial charge >= 0.3 is 0 Å². The van der Waals surface area contributed by atoms with Crippen LogP contribution in [0.4, 0.5) is 0 Å². The monoisotopic (exact) mass is 444 g/mol. The second-order valence-electron chi connectivity index (χ2n) is 15.0. The van der Waals surface area contributed by atoms with Crippen molar-refractivity contribution in [2.24, 2.45) is 62.6 Å². The lowest BCUT2D eigenvalue weighted by molar-refractivity contribution is -0.251. The Hall–Kier alpha value is -0.0800. The Balaban J connectivity index is 1.54. The molecule has 0 spiro atoms. The molecule has 32 heavy (non-hydrogen) atoms. The van der Waals surface area contributed by atoms with Crippen LogP contribution in [0.3, 0.4) is 0 Å². The molecule has 5 aliphatic carbocycles. The van der Waals surface area contributed by atoms with Crippen LogP contribution in [0, 0.1) is 62.6 Å². The number of aliphatic hydroxyl groups is 2. The summed E-state index contributed by atoms with van der Waals surface area (Å²) in [4.78, 5) is 0. The number of hydrogen-bond donors (Lipinski definition) is 2. The highest BCUT2D eigenvalue weighted by atomic mass is 16.3. The van der Waals surface area contributed by atoms with Crippen molar-refractivity contribution in [1.29, 1.82) is 0 Å². The van der Waals surface area contributed by atoms with Gasteiger partial charge in [-0.25, -0.2) is 0 Å². The molecule has 0 heterocycles. The summed E-state index contributed by atoms with van der Waals surface area (Å²) in [6.45, 7) is 18.1. The van der Waals surface area contributed by atoms with Gasteiger partial charge in [0.05, 0.1) is 6.10 Å². The zero-order valence-electron chi connectivity index (χ0n) is 22.2. The van der Waals surface area contributed by atoms with Crippen molar-refractivity contribution >= 4 is 0 Å². The minimum absolute atomic E-state index is 0.0406. The predicted octanol–water partition coefficient (Wildman–Crippen LogP) is 7.08. The van der Waals surface area contributed by atoms with Gasteiger partial charge in [0, 0.05) is 6.61 Å². The van der Waals surface area contributed by atoms with Gasteiger partial charge < -0.3 is 10.2 Å². The highest BCUT2D eigenvalue weighted by molar-refractivity contribution is 5.19. The Morgan fingerprint density at radius 2 is 1.47 bits per heavy atom. The van der Waals surface area contributed by atoms with Crippen molar-refractivity contribution in [1.82, 2.24) is 0 Å². The van der Waals surface area contributed by atoms with Crippen LogP contribution in [-0.2, 0) is 0 Å². The first-order chi connectivity index (χ1) is 14.9. The van der Waals surface area contributed by atoms with Gasteiger partial charge in [-0.2, -0.15) is 0 Å². The van der Waals surface area contributed by atoms with Gasteiger partial charge in [-0.05, 0) is 127 Å². The zero-order chi connectivity index (χ0) is 23.3. The Labute approximate surface area is 198 Å². The molecule has 0 amide bonds. The van der Waals surface area contributed by atoms with Crippen molar-refractivity contribution in [3.8, 4) is 0 Å². The first kappa shape index (κ1) is 23.7. The lowest BCUT2D eigenvalue weighted by Gasteiger charge is -2.73. The molecule has 0 saturated heterocycles. The number of aliphatic hydroxyl groups excluding tert-OH is 2. The Kier molecular flexibility index (Phi) is 5.34. The van der Waals surface area contributed by atoms with Crippen molar-refractivity contribution < 1.29 is 10.2 Å². The SMILES string of the molecule is CC(C)[C@@H]1CCC2(CO)CC[C@]3(C)C(CCC4[C@@]5(C)CCC(O)C(C)(C)C5CC[C@]43C)C12. The van der Waals surface area contributed by atoms with Crippen LogP contribution in [0.1, 0.15) is 113 Å². The van der Waals surface area contributed by atoms with Crippen LogP contribution in [0.5, 0.6) is 0 Å². The third-order valence-electron chi connectivity index (χ3n) is 13.8. The standard InChI is InChI=1S/C30H52O2/c1-19(2)20-10-15-30(18-31)17-16-28(6)21(25(20)30)8-9-23-27(5)13-12-24(32)26(3,4)22(27)11-14-29(23,28)7/h19-25,31-32H,8-18H2,1-7H3/t20-,21?,22?,23?,24?,25?,27-,28+,29+,30?/m0/s1. The van der Waals surface area contributed by atoms with Gasteiger partial charge in [-0.3, -0.25) is 0 Å². The summed E-state index contributed by atoms with van der Waals surface area (Å²) in [6.07, 6.45) is 12.6. The molecule has 0 aromatic carbocycles. The predicted molar refractivity (Wildman–Crippen MR) is 132 cm³/mol. The minimum atomic E-state index is -0.137.